The summed E-state index contributed by atoms with van der Waals surface area (Å²) in [6.45, 7) is 6.25. The van der Waals surface area contributed by atoms with Gasteiger partial charge in [-0.3, -0.25) is 0 Å². The summed E-state index contributed by atoms with van der Waals surface area (Å²) < 4.78 is 11.2. The van der Waals surface area contributed by atoms with E-state index in [1.54, 1.807) is 17.7 Å². The summed E-state index contributed by atoms with van der Waals surface area (Å²) >= 11 is 1.59. The van der Waals surface area contributed by atoms with E-state index in [1.165, 1.54) is 5.56 Å². The van der Waals surface area contributed by atoms with Gasteiger partial charge in [0.25, 0.3) is 0 Å². The van der Waals surface area contributed by atoms with E-state index in [1.807, 2.05) is 13.8 Å². The zero-order valence-electron chi connectivity index (χ0n) is 14.2. The van der Waals surface area contributed by atoms with Crippen molar-refractivity contribution >= 4 is 21.6 Å². The fraction of sp³-hybridized carbons (Fsp3) is 0.211. The normalized spacial score (nSPS) is 11.2. The van der Waals surface area contributed by atoms with Gasteiger partial charge in [-0.25, -0.2) is 9.97 Å². The van der Waals surface area contributed by atoms with Crippen LogP contribution in [0.4, 0.5) is 0 Å². The molecule has 0 unspecified atom stereocenters. The standard InChI is InChI=1S/C19H17N3O2S/c1-11-4-6-14(7-5-11)16-9-25-19-17(16)18(20-10-21-19)23-8-15-12(2)22-24-13(15)3/h4-7,9-10H,8H2,1-3H3. The fourth-order valence-corrected chi connectivity index (χ4v) is 3.66. The molecule has 4 rings (SSSR count). The first-order valence-electron chi connectivity index (χ1n) is 7.97. The minimum Gasteiger partial charge on any atom is -0.472 e. The molecular weight excluding hydrogens is 334 g/mol. The van der Waals surface area contributed by atoms with E-state index in [9.17, 15) is 0 Å². The highest BCUT2D eigenvalue weighted by atomic mass is 32.1. The van der Waals surface area contributed by atoms with E-state index in [0.29, 0.717) is 12.5 Å². The molecule has 0 aliphatic rings. The molecule has 3 aromatic heterocycles. The van der Waals surface area contributed by atoms with Gasteiger partial charge < -0.3 is 9.26 Å². The molecule has 5 nitrogen and oxygen atoms in total. The number of fused-ring (bicyclic) bond motifs is 1. The summed E-state index contributed by atoms with van der Waals surface area (Å²) in [7, 11) is 0. The Labute approximate surface area is 149 Å². The molecule has 4 aromatic rings. The molecular formula is C19H17N3O2S. The van der Waals surface area contributed by atoms with E-state index < -0.39 is 0 Å². The first-order valence-corrected chi connectivity index (χ1v) is 8.85. The van der Waals surface area contributed by atoms with Crippen LogP contribution >= 0.6 is 11.3 Å². The monoisotopic (exact) mass is 351 g/mol. The summed E-state index contributed by atoms with van der Waals surface area (Å²) in [5.41, 5.74) is 5.25. The van der Waals surface area contributed by atoms with Crippen LogP contribution in [0.15, 0.2) is 40.5 Å². The molecule has 0 saturated carbocycles. The first-order chi connectivity index (χ1) is 12.1. The van der Waals surface area contributed by atoms with Crippen molar-refractivity contribution in [2.45, 2.75) is 27.4 Å². The van der Waals surface area contributed by atoms with Crippen molar-refractivity contribution in [3.63, 3.8) is 0 Å². The van der Waals surface area contributed by atoms with E-state index in [4.69, 9.17) is 9.26 Å². The third kappa shape index (κ3) is 2.89. The van der Waals surface area contributed by atoms with Crippen molar-refractivity contribution < 1.29 is 9.26 Å². The lowest BCUT2D eigenvalue weighted by molar-refractivity contribution is 0.293. The SMILES string of the molecule is Cc1ccc(-c2csc3ncnc(OCc4c(C)noc4C)c23)cc1. The molecule has 3 heterocycles. The minimum absolute atomic E-state index is 0.371. The Hall–Kier alpha value is -2.73. The molecule has 1 aromatic carbocycles. The summed E-state index contributed by atoms with van der Waals surface area (Å²) in [6.07, 6.45) is 1.54. The van der Waals surface area contributed by atoms with Gasteiger partial charge in [0.2, 0.25) is 5.88 Å². The molecule has 0 fully saturated rings. The Bertz CT molecular complexity index is 1020. The van der Waals surface area contributed by atoms with Crippen molar-refractivity contribution in [3.8, 4) is 17.0 Å². The summed E-state index contributed by atoms with van der Waals surface area (Å²) in [5.74, 6) is 1.36. The average molecular weight is 351 g/mol. The summed E-state index contributed by atoms with van der Waals surface area (Å²) in [6, 6.07) is 8.43. The Morgan fingerprint density at radius 1 is 1.08 bits per heavy atom. The van der Waals surface area contributed by atoms with Crippen molar-refractivity contribution in [2.24, 2.45) is 0 Å². The van der Waals surface area contributed by atoms with Gasteiger partial charge in [-0.1, -0.05) is 35.0 Å². The molecule has 0 atom stereocenters. The molecule has 0 aliphatic heterocycles. The van der Waals surface area contributed by atoms with E-state index >= 15 is 0 Å². The maximum atomic E-state index is 6.03. The Morgan fingerprint density at radius 3 is 2.60 bits per heavy atom. The predicted octanol–water partition coefficient (Wildman–Crippen LogP) is 4.85. The Morgan fingerprint density at radius 2 is 1.88 bits per heavy atom. The lowest BCUT2D eigenvalue weighted by Crippen LogP contribution is -2.00. The highest BCUT2D eigenvalue weighted by Crippen LogP contribution is 2.37. The number of aryl methyl sites for hydroxylation is 3. The molecule has 0 N–H and O–H groups in total. The van der Waals surface area contributed by atoms with Crippen LogP contribution in [-0.4, -0.2) is 15.1 Å². The first kappa shape index (κ1) is 15.8. The summed E-state index contributed by atoms with van der Waals surface area (Å²) in [5, 5.41) is 7.02. The largest absolute Gasteiger partial charge is 0.472 e. The third-order valence-corrected chi connectivity index (χ3v) is 5.12. The molecule has 0 saturated heterocycles. The van der Waals surface area contributed by atoms with Gasteiger partial charge >= 0.3 is 0 Å². The lowest BCUT2D eigenvalue weighted by Gasteiger charge is -2.08. The van der Waals surface area contributed by atoms with Crippen molar-refractivity contribution in [1.82, 2.24) is 15.1 Å². The van der Waals surface area contributed by atoms with Crippen LogP contribution in [0.25, 0.3) is 21.3 Å². The average Bonchev–Trinajstić information content (AvgIpc) is 3.18. The van der Waals surface area contributed by atoms with Gasteiger partial charge in [0, 0.05) is 10.9 Å². The zero-order chi connectivity index (χ0) is 17.4. The number of aromatic nitrogens is 3. The Balaban J connectivity index is 1.74. The predicted molar refractivity (Wildman–Crippen MR) is 97.9 cm³/mol. The number of nitrogens with zero attached hydrogens (tertiary/aromatic N) is 3. The van der Waals surface area contributed by atoms with Crippen LogP contribution in [0.3, 0.4) is 0 Å². The van der Waals surface area contributed by atoms with Crippen molar-refractivity contribution in [1.29, 1.82) is 0 Å². The van der Waals surface area contributed by atoms with Gasteiger partial charge in [-0.15, -0.1) is 11.3 Å². The number of hydrogen-bond acceptors (Lipinski definition) is 6. The van der Waals surface area contributed by atoms with Crippen molar-refractivity contribution in [3.05, 3.63) is 58.6 Å². The van der Waals surface area contributed by atoms with Crippen LogP contribution in [0.5, 0.6) is 5.88 Å². The molecule has 0 bridgehead atoms. The van der Waals surface area contributed by atoms with Gasteiger partial charge in [0.1, 0.15) is 23.5 Å². The van der Waals surface area contributed by atoms with Crippen LogP contribution in [0.1, 0.15) is 22.6 Å². The smallest absolute Gasteiger partial charge is 0.226 e. The number of rotatable bonds is 4. The van der Waals surface area contributed by atoms with Crippen molar-refractivity contribution in [2.75, 3.05) is 0 Å². The molecule has 0 amide bonds. The second-order valence-corrected chi connectivity index (χ2v) is 6.82. The number of thiophene rings is 1. The van der Waals surface area contributed by atoms with Gasteiger partial charge in [-0.2, -0.15) is 0 Å². The van der Waals surface area contributed by atoms with Crippen LogP contribution in [0, 0.1) is 20.8 Å². The number of benzene rings is 1. The van der Waals surface area contributed by atoms with Gasteiger partial charge in [0.05, 0.1) is 16.6 Å². The second kappa shape index (κ2) is 6.29. The number of hydrogen-bond donors (Lipinski definition) is 0. The van der Waals surface area contributed by atoms with Crippen LogP contribution in [0.2, 0.25) is 0 Å². The topological polar surface area (TPSA) is 61.0 Å². The third-order valence-electron chi connectivity index (χ3n) is 4.23. The van der Waals surface area contributed by atoms with Crippen LogP contribution in [-0.2, 0) is 6.61 Å². The molecule has 25 heavy (non-hydrogen) atoms. The van der Waals surface area contributed by atoms with E-state index in [2.05, 4.69) is 51.7 Å². The van der Waals surface area contributed by atoms with Crippen LogP contribution < -0.4 is 4.74 Å². The van der Waals surface area contributed by atoms with E-state index in [0.717, 1.165) is 38.4 Å². The molecule has 0 aliphatic carbocycles. The molecule has 6 heteroatoms. The Kier molecular flexibility index (Phi) is 3.97. The minimum atomic E-state index is 0.371. The molecule has 0 radical (unpaired) electrons. The summed E-state index contributed by atoms with van der Waals surface area (Å²) in [4.78, 5) is 9.66. The van der Waals surface area contributed by atoms with Gasteiger partial charge in [0.15, 0.2) is 0 Å². The van der Waals surface area contributed by atoms with E-state index in [-0.39, 0.29) is 0 Å². The zero-order valence-corrected chi connectivity index (χ0v) is 15.1. The lowest BCUT2D eigenvalue weighted by atomic mass is 10.0. The fourth-order valence-electron chi connectivity index (χ4n) is 2.75. The maximum absolute atomic E-state index is 6.03. The number of ether oxygens (including phenoxy) is 1. The molecule has 0 spiro atoms. The quantitative estimate of drug-likeness (QED) is 0.526. The molecule has 126 valence electrons. The highest BCUT2D eigenvalue weighted by molar-refractivity contribution is 7.17. The second-order valence-electron chi connectivity index (χ2n) is 5.97. The maximum Gasteiger partial charge on any atom is 0.226 e. The van der Waals surface area contributed by atoms with Gasteiger partial charge in [-0.05, 0) is 26.3 Å². The highest BCUT2D eigenvalue weighted by Gasteiger charge is 2.16.